The molecule has 25 heavy (non-hydrogen) atoms. The van der Waals surface area contributed by atoms with Crippen molar-refractivity contribution < 1.29 is 9.59 Å². The van der Waals surface area contributed by atoms with E-state index >= 15 is 0 Å². The SMILES string of the molecule is CN(C(=O)c1ccc(C(=O)N(C)C2CCCCC2)s1)C1CCCCC1. The molecule has 2 saturated carbocycles. The van der Waals surface area contributed by atoms with E-state index < -0.39 is 0 Å². The van der Waals surface area contributed by atoms with E-state index in [0.29, 0.717) is 21.8 Å². The molecule has 1 heterocycles. The van der Waals surface area contributed by atoms with Crippen LogP contribution in [0.15, 0.2) is 12.1 Å². The van der Waals surface area contributed by atoms with E-state index in [2.05, 4.69) is 0 Å². The van der Waals surface area contributed by atoms with E-state index in [4.69, 9.17) is 0 Å². The Kier molecular flexibility index (Phi) is 6.15. The van der Waals surface area contributed by atoms with Gasteiger partial charge in [-0.25, -0.2) is 0 Å². The molecule has 0 aliphatic heterocycles. The summed E-state index contributed by atoms with van der Waals surface area (Å²) >= 11 is 1.35. The second-order valence-corrected chi connectivity index (χ2v) is 8.66. The Morgan fingerprint density at radius 3 is 1.48 bits per heavy atom. The van der Waals surface area contributed by atoms with Gasteiger partial charge in [0.15, 0.2) is 0 Å². The van der Waals surface area contributed by atoms with E-state index in [9.17, 15) is 9.59 Å². The molecule has 0 atom stereocenters. The highest BCUT2D eigenvalue weighted by atomic mass is 32.1. The monoisotopic (exact) mass is 362 g/mol. The molecule has 1 aromatic heterocycles. The van der Waals surface area contributed by atoms with Gasteiger partial charge in [-0.1, -0.05) is 38.5 Å². The van der Waals surface area contributed by atoms with Gasteiger partial charge in [-0.3, -0.25) is 9.59 Å². The average Bonchev–Trinajstić information content (AvgIpc) is 3.17. The average molecular weight is 363 g/mol. The van der Waals surface area contributed by atoms with Crippen molar-refractivity contribution in [2.75, 3.05) is 14.1 Å². The molecule has 5 heteroatoms. The lowest BCUT2D eigenvalue weighted by atomic mass is 9.94. The summed E-state index contributed by atoms with van der Waals surface area (Å²) in [5.41, 5.74) is 0. The Bertz CT molecular complexity index is 550. The van der Waals surface area contributed by atoms with Crippen molar-refractivity contribution >= 4 is 23.2 Å². The summed E-state index contributed by atoms with van der Waals surface area (Å²) in [5.74, 6) is 0.132. The number of thiophene rings is 1. The maximum Gasteiger partial charge on any atom is 0.263 e. The van der Waals surface area contributed by atoms with Crippen molar-refractivity contribution in [3.05, 3.63) is 21.9 Å². The molecule has 2 aliphatic carbocycles. The maximum absolute atomic E-state index is 12.8. The third-order valence-corrected chi connectivity index (χ3v) is 6.97. The molecule has 138 valence electrons. The predicted octanol–water partition coefficient (Wildman–Crippen LogP) is 4.56. The third-order valence-electron chi connectivity index (χ3n) is 5.91. The molecule has 0 unspecified atom stereocenters. The molecule has 0 radical (unpaired) electrons. The van der Waals surface area contributed by atoms with E-state index in [1.807, 2.05) is 36.0 Å². The zero-order valence-electron chi connectivity index (χ0n) is 15.5. The second kappa shape index (κ2) is 8.35. The van der Waals surface area contributed by atoms with Crippen molar-refractivity contribution in [1.82, 2.24) is 9.80 Å². The quantitative estimate of drug-likeness (QED) is 0.788. The van der Waals surface area contributed by atoms with Gasteiger partial charge in [0.1, 0.15) is 0 Å². The minimum atomic E-state index is 0.0660. The van der Waals surface area contributed by atoms with Crippen LogP contribution in [0.1, 0.15) is 83.6 Å². The molecular weight excluding hydrogens is 332 g/mol. The first-order valence-electron chi connectivity index (χ1n) is 9.72. The van der Waals surface area contributed by atoms with Gasteiger partial charge in [0, 0.05) is 26.2 Å². The van der Waals surface area contributed by atoms with Crippen molar-refractivity contribution in [2.24, 2.45) is 0 Å². The molecule has 4 nitrogen and oxygen atoms in total. The fraction of sp³-hybridized carbons (Fsp3) is 0.700. The topological polar surface area (TPSA) is 40.6 Å². The van der Waals surface area contributed by atoms with Gasteiger partial charge < -0.3 is 9.80 Å². The summed E-state index contributed by atoms with van der Waals surface area (Å²) in [6.45, 7) is 0. The van der Waals surface area contributed by atoms with Crippen LogP contribution in [-0.2, 0) is 0 Å². The van der Waals surface area contributed by atoms with Crippen LogP contribution in [-0.4, -0.2) is 47.8 Å². The van der Waals surface area contributed by atoms with Crippen LogP contribution in [0.2, 0.25) is 0 Å². The van der Waals surface area contributed by atoms with Gasteiger partial charge >= 0.3 is 0 Å². The molecule has 0 saturated heterocycles. The highest BCUT2D eigenvalue weighted by Crippen LogP contribution is 2.27. The minimum Gasteiger partial charge on any atom is -0.338 e. The van der Waals surface area contributed by atoms with E-state index in [1.54, 1.807) is 0 Å². The van der Waals surface area contributed by atoms with Crippen LogP contribution in [0.5, 0.6) is 0 Å². The Balaban J connectivity index is 1.64. The number of rotatable bonds is 4. The summed E-state index contributed by atoms with van der Waals surface area (Å²) in [5, 5.41) is 0. The molecule has 0 N–H and O–H groups in total. The first-order valence-corrected chi connectivity index (χ1v) is 10.5. The Morgan fingerprint density at radius 2 is 1.12 bits per heavy atom. The van der Waals surface area contributed by atoms with Crippen LogP contribution in [0.4, 0.5) is 0 Å². The second-order valence-electron chi connectivity index (χ2n) is 7.58. The van der Waals surface area contributed by atoms with Crippen LogP contribution in [0, 0.1) is 0 Å². The molecule has 2 fully saturated rings. The Hall–Kier alpha value is -1.36. The molecule has 0 bridgehead atoms. The number of carbonyl (C=O) groups excluding carboxylic acids is 2. The normalized spacial score (nSPS) is 19.6. The maximum atomic E-state index is 12.8. The first-order chi connectivity index (χ1) is 12.1. The molecule has 0 aromatic carbocycles. The molecule has 2 aliphatic rings. The van der Waals surface area contributed by atoms with Crippen molar-refractivity contribution in [3.63, 3.8) is 0 Å². The van der Waals surface area contributed by atoms with E-state index in [1.165, 1.54) is 49.9 Å². The summed E-state index contributed by atoms with van der Waals surface area (Å²) in [7, 11) is 3.82. The fourth-order valence-corrected chi connectivity index (χ4v) is 5.16. The zero-order chi connectivity index (χ0) is 17.8. The number of hydrogen-bond acceptors (Lipinski definition) is 3. The van der Waals surface area contributed by atoms with Gasteiger partial charge in [0.05, 0.1) is 9.75 Å². The van der Waals surface area contributed by atoms with Gasteiger partial charge in [0.2, 0.25) is 0 Å². The molecule has 0 spiro atoms. The Morgan fingerprint density at radius 1 is 0.760 bits per heavy atom. The van der Waals surface area contributed by atoms with Gasteiger partial charge in [-0.15, -0.1) is 11.3 Å². The lowest BCUT2D eigenvalue weighted by Gasteiger charge is -2.31. The lowest BCUT2D eigenvalue weighted by Crippen LogP contribution is -2.38. The van der Waals surface area contributed by atoms with Crippen molar-refractivity contribution in [1.29, 1.82) is 0 Å². The van der Waals surface area contributed by atoms with Crippen LogP contribution < -0.4 is 0 Å². The zero-order valence-corrected chi connectivity index (χ0v) is 16.3. The number of hydrogen-bond donors (Lipinski definition) is 0. The van der Waals surface area contributed by atoms with Crippen LogP contribution in [0.25, 0.3) is 0 Å². The summed E-state index contributed by atoms with van der Waals surface area (Å²) < 4.78 is 0. The first kappa shape index (κ1) is 18.4. The smallest absolute Gasteiger partial charge is 0.263 e. The van der Waals surface area contributed by atoms with Gasteiger partial charge in [-0.05, 0) is 37.8 Å². The molecule has 2 amide bonds. The van der Waals surface area contributed by atoms with Crippen molar-refractivity contribution in [2.45, 2.75) is 76.3 Å². The number of amides is 2. The van der Waals surface area contributed by atoms with E-state index in [0.717, 1.165) is 25.7 Å². The summed E-state index contributed by atoms with van der Waals surface area (Å²) in [6.07, 6.45) is 11.8. The van der Waals surface area contributed by atoms with Gasteiger partial charge in [0.25, 0.3) is 11.8 Å². The highest BCUT2D eigenvalue weighted by Gasteiger charge is 2.27. The minimum absolute atomic E-state index is 0.0660. The van der Waals surface area contributed by atoms with E-state index in [-0.39, 0.29) is 11.8 Å². The molecule has 1 aromatic rings. The number of nitrogens with zero attached hydrogens (tertiary/aromatic N) is 2. The van der Waals surface area contributed by atoms with Gasteiger partial charge in [-0.2, -0.15) is 0 Å². The lowest BCUT2D eigenvalue weighted by molar-refractivity contribution is 0.0695. The third kappa shape index (κ3) is 4.25. The van der Waals surface area contributed by atoms with Crippen molar-refractivity contribution in [3.8, 4) is 0 Å². The largest absolute Gasteiger partial charge is 0.338 e. The molecular formula is C20H30N2O2S. The molecule has 3 rings (SSSR count). The predicted molar refractivity (Wildman–Crippen MR) is 102 cm³/mol. The summed E-state index contributed by atoms with van der Waals surface area (Å²) in [4.78, 5) is 30.7. The summed E-state index contributed by atoms with van der Waals surface area (Å²) in [6, 6.07) is 4.36. The standard InChI is InChI=1S/C20H30N2O2S/c1-21(15-9-5-3-6-10-15)19(23)17-13-14-18(25-17)20(24)22(2)16-11-7-4-8-12-16/h13-16H,3-12H2,1-2H3. The van der Waals surface area contributed by atoms with Crippen LogP contribution in [0.3, 0.4) is 0 Å². The van der Waals surface area contributed by atoms with Crippen LogP contribution >= 0.6 is 11.3 Å². The Labute approximate surface area is 155 Å². The highest BCUT2D eigenvalue weighted by molar-refractivity contribution is 7.15. The number of carbonyl (C=O) groups is 2. The fourth-order valence-electron chi connectivity index (χ4n) is 4.18.